The fourth-order valence-corrected chi connectivity index (χ4v) is 3.75. The Morgan fingerprint density at radius 2 is 2.14 bits per heavy atom. The van der Waals surface area contributed by atoms with Crippen LogP contribution >= 0.6 is 35.1 Å². The lowest BCUT2D eigenvalue weighted by Gasteiger charge is -2.21. The number of hydrogen-bond acceptors (Lipinski definition) is 6. The summed E-state index contributed by atoms with van der Waals surface area (Å²) in [5, 5.41) is 23.4. The summed E-state index contributed by atoms with van der Waals surface area (Å²) < 4.78 is 1.65. The lowest BCUT2D eigenvalue weighted by Crippen LogP contribution is -2.27. The van der Waals surface area contributed by atoms with Gasteiger partial charge in [0, 0.05) is 5.02 Å². The molecule has 0 fully saturated rings. The third-order valence-corrected chi connectivity index (χ3v) is 5.04. The molecule has 1 aliphatic heterocycles. The van der Waals surface area contributed by atoms with Crippen LogP contribution in [0.1, 0.15) is 12.0 Å². The van der Waals surface area contributed by atoms with Crippen LogP contribution in [0.4, 0.5) is 0 Å². The molecule has 1 aromatic carbocycles. The standard InChI is InChI=1S/C13H11ClN4O2S2/c1-21-12-15-16-13-18(12)17-11(9(22-13)6-10(19)20)7-2-4-8(14)5-3-7/h2-5,9H,6H2,1H3,(H,19,20). The molecule has 1 aromatic heterocycles. The number of carbonyl (C=O) groups is 1. The third kappa shape index (κ3) is 2.99. The molecular formula is C13H11ClN4O2S2. The topological polar surface area (TPSA) is 80.4 Å². The van der Waals surface area contributed by atoms with Crippen LogP contribution in [-0.2, 0) is 4.79 Å². The van der Waals surface area contributed by atoms with E-state index in [-0.39, 0.29) is 11.7 Å². The minimum atomic E-state index is -0.878. The Bertz CT molecular complexity index is 745. The van der Waals surface area contributed by atoms with Crippen LogP contribution in [-0.4, -0.2) is 43.2 Å². The second kappa shape index (κ2) is 6.31. The molecule has 2 heterocycles. The maximum absolute atomic E-state index is 11.1. The van der Waals surface area contributed by atoms with E-state index in [1.807, 2.05) is 18.4 Å². The molecule has 6 nitrogen and oxygen atoms in total. The van der Waals surface area contributed by atoms with Crippen molar-refractivity contribution in [2.45, 2.75) is 22.0 Å². The van der Waals surface area contributed by atoms with E-state index in [9.17, 15) is 4.79 Å². The van der Waals surface area contributed by atoms with Gasteiger partial charge >= 0.3 is 5.97 Å². The largest absolute Gasteiger partial charge is 0.481 e. The second-order valence-electron chi connectivity index (χ2n) is 4.48. The number of thioether (sulfide) groups is 2. The highest BCUT2D eigenvalue weighted by Crippen LogP contribution is 2.34. The molecular weight excluding hydrogens is 344 g/mol. The Kier molecular flexibility index (Phi) is 4.42. The monoisotopic (exact) mass is 354 g/mol. The molecule has 0 saturated carbocycles. The van der Waals surface area contributed by atoms with Crippen LogP contribution in [0.5, 0.6) is 0 Å². The normalized spacial score (nSPS) is 17.0. The number of hydrogen-bond donors (Lipinski definition) is 1. The summed E-state index contributed by atoms with van der Waals surface area (Å²) in [5.41, 5.74) is 1.53. The minimum Gasteiger partial charge on any atom is -0.481 e. The van der Waals surface area contributed by atoms with Crippen LogP contribution in [0, 0.1) is 0 Å². The van der Waals surface area contributed by atoms with Gasteiger partial charge in [0.15, 0.2) is 0 Å². The van der Waals surface area contributed by atoms with Crippen molar-refractivity contribution in [2.75, 3.05) is 6.26 Å². The molecule has 1 unspecified atom stereocenters. The predicted molar refractivity (Wildman–Crippen MR) is 87.1 cm³/mol. The Hall–Kier alpha value is -1.51. The van der Waals surface area contributed by atoms with E-state index >= 15 is 0 Å². The quantitative estimate of drug-likeness (QED) is 0.850. The van der Waals surface area contributed by atoms with Gasteiger partial charge in [0.25, 0.3) is 0 Å². The Morgan fingerprint density at radius 1 is 1.41 bits per heavy atom. The first-order valence-electron chi connectivity index (χ1n) is 6.31. The first-order valence-corrected chi connectivity index (χ1v) is 8.79. The van der Waals surface area contributed by atoms with Crippen LogP contribution < -0.4 is 0 Å². The fourth-order valence-electron chi connectivity index (χ4n) is 2.05. The summed E-state index contributed by atoms with van der Waals surface area (Å²) >= 11 is 8.71. The molecule has 0 aliphatic carbocycles. The lowest BCUT2D eigenvalue weighted by molar-refractivity contribution is -0.136. The van der Waals surface area contributed by atoms with Crippen LogP contribution in [0.15, 0.2) is 39.7 Å². The van der Waals surface area contributed by atoms with Crippen molar-refractivity contribution in [3.63, 3.8) is 0 Å². The Balaban J connectivity index is 2.07. The highest BCUT2D eigenvalue weighted by molar-refractivity contribution is 8.00. The van der Waals surface area contributed by atoms with Crippen LogP contribution in [0.3, 0.4) is 0 Å². The van der Waals surface area contributed by atoms with Gasteiger partial charge in [-0.15, -0.1) is 10.2 Å². The predicted octanol–water partition coefficient (Wildman–Crippen LogP) is 2.85. The minimum absolute atomic E-state index is 0.0341. The third-order valence-electron chi connectivity index (χ3n) is 3.03. The molecule has 1 atom stereocenters. The van der Waals surface area contributed by atoms with Crippen molar-refractivity contribution < 1.29 is 9.90 Å². The number of rotatable bonds is 4. The zero-order chi connectivity index (χ0) is 15.7. The molecule has 2 aromatic rings. The summed E-state index contributed by atoms with van der Waals surface area (Å²) in [6.45, 7) is 0. The number of aromatic nitrogens is 3. The Morgan fingerprint density at radius 3 is 2.77 bits per heavy atom. The summed E-state index contributed by atoms with van der Waals surface area (Å²) in [5.74, 6) is -0.878. The molecule has 1 N–H and O–H groups in total. The molecule has 9 heteroatoms. The van der Waals surface area contributed by atoms with Gasteiger partial charge in [-0.25, -0.2) is 0 Å². The molecule has 0 radical (unpaired) electrons. The number of nitrogens with zero attached hydrogens (tertiary/aromatic N) is 4. The molecule has 0 amide bonds. The molecule has 3 rings (SSSR count). The van der Waals surface area contributed by atoms with Gasteiger partial charge in [-0.1, -0.05) is 47.3 Å². The van der Waals surface area contributed by atoms with E-state index in [1.54, 1.807) is 16.8 Å². The van der Waals surface area contributed by atoms with Gasteiger partial charge < -0.3 is 5.11 Å². The van der Waals surface area contributed by atoms with Crippen molar-refractivity contribution in [1.82, 2.24) is 14.9 Å². The molecule has 0 spiro atoms. The molecule has 22 heavy (non-hydrogen) atoms. The van der Waals surface area contributed by atoms with Gasteiger partial charge in [-0.3, -0.25) is 4.79 Å². The zero-order valence-electron chi connectivity index (χ0n) is 11.4. The first-order chi connectivity index (χ1) is 10.6. The number of halogens is 1. The molecule has 0 saturated heterocycles. The average Bonchev–Trinajstić information content (AvgIpc) is 2.88. The van der Waals surface area contributed by atoms with Crippen molar-refractivity contribution in [3.05, 3.63) is 34.9 Å². The van der Waals surface area contributed by atoms with E-state index in [0.29, 0.717) is 21.0 Å². The van der Waals surface area contributed by atoms with Gasteiger partial charge in [0.1, 0.15) is 0 Å². The second-order valence-corrected chi connectivity index (χ2v) is 6.86. The summed E-state index contributed by atoms with van der Waals surface area (Å²) in [6.07, 6.45) is 1.86. The number of benzene rings is 1. The van der Waals surface area contributed by atoms with E-state index in [4.69, 9.17) is 16.7 Å². The zero-order valence-corrected chi connectivity index (χ0v) is 13.8. The van der Waals surface area contributed by atoms with E-state index in [2.05, 4.69) is 15.3 Å². The maximum Gasteiger partial charge on any atom is 0.304 e. The number of carboxylic acid groups (broad SMARTS) is 1. The Labute approximate surface area is 140 Å². The van der Waals surface area contributed by atoms with E-state index in [1.165, 1.54) is 23.5 Å². The SMILES string of the molecule is CSc1nnc2n1N=C(c1ccc(Cl)cc1)C(CC(=O)O)S2. The van der Waals surface area contributed by atoms with Crippen LogP contribution in [0.2, 0.25) is 5.02 Å². The van der Waals surface area contributed by atoms with Crippen LogP contribution in [0.25, 0.3) is 0 Å². The fraction of sp³-hybridized carbons (Fsp3) is 0.231. The van der Waals surface area contributed by atoms with E-state index < -0.39 is 5.97 Å². The van der Waals surface area contributed by atoms with Gasteiger partial charge in [0.05, 0.1) is 17.4 Å². The first kappa shape index (κ1) is 15.4. The molecule has 1 aliphatic rings. The van der Waals surface area contributed by atoms with Crippen molar-refractivity contribution in [1.29, 1.82) is 0 Å². The van der Waals surface area contributed by atoms with Crippen molar-refractivity contribution in [3.8, 4) is 0 Å². The number of carboxylic acids is 1. The molecule has 0 bridgehead atoms. The number of aliphatic carboxylic acids is 1. The van der Waals surface area contributed by atoms with Crippen molar-refractivity contribution >= 4 is 46.8 Å². The summed E-state index contributed by atoms with van der Waals surface area (Å²) in [4.78, 5) is 11.1. The van der Waals surface area contributed by atoms with Crippen molar-refractivity contribution in [2.24, 2.45) is 5.10 Å². The smallest absolute Gasteiger partial charge is 0.304 e. The summed E-state index contributed by atoms with van der Waals surface area (Å²) in [7, 11) is 0. The van der Waals surface area contributed by atoms with E-state index in [0.717, 1.165) is 5.56 Å². The highest BCUT2D eigenvalue weighted by Gasteiger charge is 2.30. The summed E-state index contributed by atoms with van der Waals surface area (Å²) in [6, 6.07) is 7.20. The highest BCUT2D eigenvalue weighted by atomic mass is 35.5. The maximum atomic E-state index is 11.1. The average molecular weight is 355 g/mol. The van der Waals surface area contributed by atoms with Gasteiger partial charge in [0.2, 0.25) is 10.3 Å². The molecule has 114 valence electrons. The van der Waals surface area contributed by atoms with Gasteiger partial charge in [-0.05, 0) is 24.0 Å². The van der Waals surface area contributed by atoms with Gasteiger partial charge in [-0.2, -0.15) is 9.78 Å². The lowest BCUT2D eigenvalue weighted by atomic mass is 10.1. The number of fused-ring (bicyclic) bond motifs is 1.